The number of alkyl halides is 6. The molecule has 6 aliphatic heterocycles. The van der Waals surface area contributed by atoms with Crippen molar-refractivity contribution in [2.75, 3.05) is 136 Å². The molecule has 0 spiro atoms. The molecule has 6 saturated heterocycles. The van der Waals surface area contributed by atoms with E-state index in [2.05, 4.69) is 55.6 Å². The van der Waals surface area contributed by atoms with Crippen LogP contribution in [-0.4, -0.2) is 172 Å². The zero-order valence-corrected chi connectivity index (χ0v) is 47.2. The molecular formula is C48H66B2BrClF6N12O8. The molecular weight excluding hydrogens is 1120 g/mol. The first-order valence-corrected chi connectivity index (χ1v) is 26.5. The van der Waals surface area contributed by atoms with Gasteiger partial charge >= 0.3 is 26.4 Å². The number of nitrogens with two attached hydrogens (primary N) is 2. The summed E-state index contributed by atoms with van der Waals surface area (Å²) in [5.41, 5.74) is 7.51. The summed E-state index contributed by atoms with van der Waals surface area (Å²) in [6.45, 7) is 26.8. The van der Waals surface area contributed by atoms with E-state index < -0.39 is 37.5 Å². The van der Waals surface area contributed by atoms with Gasteiger partial charge in [0.1, 0.15) is 28.4 Å². The summed E-state index contributed by atoms with van der Waals surface area (Å²) in [5, 5.41) is 0.484. The van der Waals surface area contributed by atoms with E-state index in [-0.39, 0.29) is 49.8 Å². The Morgan fingerprint density at radius 2 is 0.846 bits per heavy atom. The lowest BCUT2D eigenvalue weighted by molar-refractivity contribution is -0.138. The summed E-state index contributed by atoms with van der Waals surface area (Å²) in [6, 6.07) is 5.00. The first-order chi connectivity index (χ1) is 36.5. The van der Waals surface area contributed by atoms with E-state index in [4.69, 9.17) is 60.6 Å². The number of nitrogen functional groups attached to an aromatic ring is 2. The van der Waals surface area contributed by atoms with Crippen LogP contribution in [0.15, 0.2) is 41.1 Å². The van der Waals surface area contributed by atoms with Crippen LogP contribution in [0.25, 0.3) is 11.3 Å². The summed E-state index contributed by atoms with van der Waals surface area (Å²) >= 11 is 8.85. The molecule has 4 aromatic rings. The largest absolute Gasteiger partial charge is 0.488 e. The molecule has 6 fully saturated rings. The average molecular weight is 1190 g/mol. The Balaban J connectivity index is 0.000000158. The molecule has 0 atom stereocenters. The Bertz CT molecular complexity index is 2510. The van der Waals surface area contributed by atoms with Crippen LogP contribution in [0.3, 0.4) is 0 Å². The summed E-state index contributed by atoms with van der Waals surface area (Å²) in [6.07, 6.45) is -6.84. The smallest absolute Gasteiger partial charge is 0.405 e. The quantitative estimate of drug-likeness (QED) is 0.110. The lowest BCUT2D eigenvalue weighted by Gasteiger charge is -2.32. The minimum absolute atomic E-state index is 0.107. The Kier molecular flexibility index (Phi) is 19.6. The van der Waals surface area contributed by atoms with Gasteiger partial charge in [0.25, 0.3) is 0 Å². The number of hydrogen-bond acceptors (Lipinski definition) is 20. The lowest BCUT2D eigenvalue weighted by Crippen LogP contribution is -2.41. The first kappa shape index (κ1) is 61.0. The number of halogens is 8. The Morgan fingerprint density at radius 1 is 0.500 bits per heavy atom. The molecule has 0 aromatic carbocycles. The lowest BCUT2D eigenvalue weighted by atomic mass is 9.49. The number of nitrogens with zero attached hydrogens (tertiary/aromatic N) is 10. The van der Waals surface area contributed by atoms with Gasteiger partial charge < -0.3 is 68.6 Å². The molecule has 428 valence electrons. The second-order valence-corrected chi connectivity index (χ2v) is 21.9. The van der Waals surface area contributed by atoms with Gasteiger partial charge in [0.05, 0.1) is 92.1 Å². The maximum atomic E-state index is 13.6. The molecule has 0 aliphatic carbocycles. The number of rotatable bonds is 6. The monoisotopic (exact) mass is 1190 g/mol. The zero-order valence-electron chi connectivity index (χ0n) is 44.8. The van der Waals surface area contributed by atoms with Gasteiger partial charge in [-0.05, 0) is 83.5 Å². The SMILES string of the molecule is CC1(C)OB(B2OC(C)(C)C(C)(C)O2)OC1(C)C.Clc1cc(N2CCOCC2)nc(N2CCOCC2)n1.Nc1cc(C(F)(F)F)c(-c2cc(N3CCOCC3)nc(N3CCOCC3)n2)cn1.Nc1cc(C(F)(F)F)c(Br)cn1. The van der Waals surface area contributed by atoms with E-state index >= 15 is 0 Å². The minimum Gasteiger partial charge on any atom is -0.405 e. The molecule has 20 nitrogen and oxygen atoms in total. The van der Waals surface area contributed by atoms with E-state index in [0.29, 0.717) is 88.7 Å². The molecule has 0 saturated carbocycles. The van der Waals surface area contributed by atoms with Crippen molar-refractivity contribution in [1.29, 1.82) is 0 Å². The van der Waals surface area contributed by atoms with E-state index in [0.717, 1.165) is 69.7 Å². The molecule has 0 bridgehead atoms. The topological polar surface area (TPSA) is 216 Å². The summed E-state index contributed by atoms with van der Waals surface area (Å²) in [7, 11) is -0.952. The number of morpholine rings is 4. The van der Waals surface area contributed by atoms with Gasteiger partial charge in [0.2, 0.25) is 11.9 Å². The average Bonchev–Trinajstić information content (AvgIpc) is 3.97. The van der Waals surface area contributed by atoms with Crippen LogP contribution in [0.5, 0.6) is 0 Å². The van der Waals surface area contributed by atoms with Gasteiger partial charge in [0, 0.05) is 86.9 Å². The van der Waals surface area contributed by atoms with Crippen molar-refractivity contribution in [3.05, 3.63) is 57.4 Å². The van der Waals surface area contributed by atoms with E-state index in [1.54, 1.807) is 6.07 Å². The van der Waals surface area contributed by atoms with Crippen molar-refractivity contribution in [1.82, 2.24) is 29.9 Å². The van der Waals surface area contributed by atoms with E-state index in [9.17, 15) is 26.3 Å². The Morgan fingerprint density at radius 3 is 1.23 bits per heavy atom. The first-order valence-electron chi connectivity index (χ1n) is 25.3. The van der Waals surface area contributed by atoms with Crippen molar-refractivity contribution in [2.24, 2.45) is 0 Å². The number of aromatic nitrogens is 6. The number of hydrogen-bond donors (Lipinski definition) is 2. The highest BCUT2D eigenvalue weighted by Crippen LogP contribution is 2.43. The van der Waals surface area contributed by atoms with Crippen molar-refractivity contribution in [2.45, 2.75) is 90.1 Å². The highest BCUT2D eigenvalue weighted by atomic mass is 79.9. The molecule has 30 heteroatoms. The van der Waals surface area contributed by atoms with Crippen molar-refractivity contribution >= 4 is 76.7 Å². The Labute approximate surface area is 463 Å². The van der Waals surface area contributed by atoms with Crippen LogP contribution in [0.4, 0.5) is 61.5 Å². The number of ether oxygens (including phenoxy) is 4. The molecule has 0 unspecified atom stereocenters. The normalized spacial score (nSPS) is 21.0. The van der Waals surface area contributed by atoms with Gasteiger partial charge in [-0.2, -0.15) is 36.3 Å². The molecule has 0 radical (unpaired) electrons. The second kappa shape index (κ2) is 25.1. The molecule has 6 aliphatic rings. The third-order valence-electron chi connectivity index (χ3n) is 14.1. The van der Waals surface area contributed by atoms with E-state index in [1.807, 2.05) is 71.3 Å². The van der Waals surface area contributed by atoms with Crippen LogP contribution in [0.1, 0.15) is 66.5 Å². The summed E-state index contributed by atoms with van der Waals surface area (Å²) < 4.78 is 122. The third-order valence-corrected chi connectivity index (χ3v) is 14.9. The molecule has 78 heavy (non-hydrogen) atoms. The number of pyridine rings is 2. The predicted octanol–water partition coefficient (Wildman–Crippen LogP) is 7.31. The molecule has 4 aromatic heterocycles. The van der Waals surface area contributed by atoms with Crippen LogP contribution in [0, 0.1) is 0 Å². The Hall–Kier alpha value is -4.58. The van der Waals surface area contributed by atoms with Gasteiger partial charge in [-0.3, -0.25) is 0 Å². The van der Waals surface area contributed by atoms with Crippen LogP contribution >= 0.6 is 27.5 Å². The third kappa shape index (κ3) is 15.4. The van der Waals surface area contributed by atoms with Crippen molar-refractivity contribution < 1.29 is 63.9 Å². The summed E-state index contributed by atoms with van der Waals surface area (Å²) in [4.78, 5) is 33.5. The summed E-state index contributed by atoms with van der Waals surface area (Å²) in [5.74, 6) is 2.16. The van der Waals surface area contributed by atoms with Gasteiger partial charge in [0.15, 0.2) is 0 Å². The molecule has 10 heterocycles. The molecule has 4 N–H and O–H groups in total. The number of anilines is 6. The van der Waals surface area contributed by atoms with Gasteiger partial charge in [-0.15, -0.1) is 0 Å². The van der Waals surface area contributed by atoms with Crippen molar-refractivity contribution in [3.8, 4) is 11.3 Å². The van der Waals surface area contributed by atoms with Crippen LogP contribution < -0.4 is 31.1 Å². The fourth-order valence-electron chi connectivity index (χ4n) is 8.25. The van der Waals surface area contributed by atoms with Gasteiger partial charge in [-0.25, -0.2) is 19.9 Å². The standard InChI is InChI=1S/C18H21F3N6O2.C12H24B2O4.C12H17ClN4O2.C6H4BrF3N2/c19-18(20,21)13-9-15(22)23-11-12(13)14-10-16(26-1-5-28-6-2-26)25-17(24-14)27-3-7-29-8-4-27;1-9(2)10(3,4)16-13(15-9)14-17-11(5,6)12(7,8)18-14;13-10-9-11(16-1-5-18-6-2-16)15-12(14-10)17-3-7-19-8-4-17;7-4-2-12-5(11)1-3(4)6(8,9)10/h9-11H,1-8H2,(H2,22,23);1-8H3;9H,1-8H2;1-2H,(H2,11,12). The predicted molar refractivity (Wildman–Crippen MR) is 287 cm³/mol. The molecule has 10 rings (SSSR count). The minimum atomic E-state index is -4.59. The van der Waals surface area contributed by atoms with Crippen LogP contribution in [0.2, 0.25) is 5.15 Å². The second-order valence-electron chi connectivity index (χ2n) is 20.6. The van der Waals surface area contributed by atoms with Crippen LogP contribution in [-0.2, 0) is 49.9 Å². The van der Waals surface area contributed by atoms with Gasteiger partial charge in [-0.1, -0.05) is 11.6 Å². The molecule has 0 amide bonds. The van der Waals surface area contributed by atoms with Crippen molar-refractivity contribution in [3.63, 3.8) is 0 Å². The van der Waals surface area contributed by atoms with E-state index in [1.165, 1.54) is 0 Å². The fourth-order valence-corrected chi connectivity index (χ4v) is 8.87. The highest BCUT2D eigenvalue weighted by molar-refractivity contribution is 9.10. The maximum Gasteiger partial charge on any atom is 0.488 e. The maximum absolute atomic E-state index is 13.6. The fraction of sp³-hybridized carbons (Fsp3) is 0.625. The highest BCUT2D eigenvalue weighted by Gasteiger charge is 2.63. The zero-order chi connectivity index (χ0) is 56.8.